The van der Waals surface area contributed by atoms with Gasteiger partial charge in [0, 0.05) is 32.3 Å². The number of fused-ring (bicyclic) bond motifs is 21. The van der Waals surface area contributed by atoms with Gasteiger partial charge >= 0.3 is 0 Å². The monoisotopic (exact) mass is 1890 g/mol. The molecule has 0 N–H and O–H groups in total. The fourth-order valence-corrected chi connectivity index (χ4v) is 22.4. The van der Waals surface area contributed by atoms with Crippen LogP contribution in [0.5, 0.6) is 0 Å². The number of benzene rings is 28. The Morgan fingerprint density at radius 3 is 0.878 bits per heavy atom. The van der Waals surface area contributed by atoms with Gasteiger partial charge in [-0.2, -0.15) is 0 Å². The maximum absolute atomic E-state index is 9.59. The first-order valence-corrected chi connectivity index (χ1v) is 48.6. The van der Waals surface area contributed by atoms with Crippen molar-refractivity contribution in [1.82, 2.24) is 0 Å². The molecule has 0 unspecified atom stereocenters. The van der Waals surface area contributed by atoms with E-state index in [1.807, 2.05) is 291 Å². The highest BCUT2D eigenvalue weighted by molar-refractivity contribution is 6.31. The molecule has 147 heavy (non-hydrogen) atoms. The molecule has 3 nitrogen and oxygen atoms in total. The molecule has 28 aromatic carbocycles. The molecule has 31 aromatic rings. The van der Waals surface area contributed by atoms with Crippen molar-refractivity contribution < 1.29 is 46.1 Å². The lowest BCUT2D eigenvalue weighted by Crippen LogP contribution is -1.93. The quantitative estimate of drug-likeness (QED) is 0.128. The fourth-order valence-electron chi connectivity index (χ4n) is 22.4. The summed E-state index contributed by atoms with van der Waals surface area (Å²) in [6.45, 7) is 0. The van der Waals surface area contributed by atoms with Crippen molar-refractivity contribution in [3.8, 4) is 111 Å². The third-order valence-corrected chi connectivity index (χ3v) is 29.0. The van der Waals surface area contributed by atoms with E-state index in [-0.39, 0.29) is 148 Å². The molecule has 0 saturated carbocycles. The first kappa shape index (κ1) is 63.5. The minimum Gasteiger partial charge on any atom is -0.456 e. The summed E-state index contributed by atoms with van der Waals surface area (Å²) in [5, 5.41) is 18.9. The van der Waals surface area contributed by atoms with E-state index in [4.69, 9.17) is 32.4 Å². The predicted octanol–water partition coefficient (Wildman–Crippen LogP) is 41.3. The average molecular weight is 1890 g/mol. The summed E-state index contributed by atoms with van der Waals surface area (Å²) < 4.78 is 239. The maximum atomic E-state index is 9.59. The van der Waals surface area contributed by atoms with Crippen LogP contribution in [0.2, 0.25) is 0 Å². The standard InChI is InChI=1S/C50H30O.C48H30O.C46H28O/c1-2-13-32-28-35(25-24-31(32)12-1)36-26-27-43(38-17-6-5-16-37(36)38)48-39-18-7-9-20-41(39)49(42-21-10-8-19-40(42)48)44-22-11-23-46-50(44)45-29-33-14-3-4-15-34(33)30-47(45)51-46;1-3-14-31(15-4-1)36-27-26-35(29-42(36)32-16-5-2-6-17-32)46-37-20-9-11-22-39(37)47(40-23-12-10-21-38(40)46)41-24-13-25-44-48(41)43-28-33-18-7-8-19-34(33)30-45(43)49-44;1-2-10-29(11-3-1)45-37-14-6-8-16-39(37)46(40-17-9-7-15-38(40)45)36-21-20-32-24-33(18-19-34(32)25-36)35-22-23-43-41(27-35)42-26-30-12-4-5-13-31(30)28-44(42)47-43/h1-30H;1-30H;1-28H/i7D,8D,9D,10D,18D,19D,20D,21D;9D,10D,11D,12D,20D,21D,22D,23D;6D,7D,8D,9D,14D,15D,16D,17D. The van der Waals surface area contributed by atoms with Crippen LogP contribution < -0.4 is 0 Å². The first-order chi connectivity index (χ1) is 82.9. The van der Waals surface area contributed by atoms with Gasteiger partial charge in [0.2, 0.25) is 0 Å². The van der Waals surface area contributed by atoms with Crippen LogP contribution in [0.1, 0.15) is 32.9 Å². The molecule has 0 atom stereocenters. The van der Waals surface area contributed by atoms with Gasteiger partial charge in [-0.1, -0.05) is 448 Å². The third kappa shape index (κ3) is 14.3. The van der Waals surface area contributed by atoms with Gasteiger partial charge in [-0.3, -0.25) is 0 Å². The van der Waals surface area contributed by atoms with E-state index in [2.05, 4.69) is 66.7 Å². The minimum absolute atomic E-state index is 0.157. The second-order valence-electron chi connectivity index (χ2n) is 37.1. The van der Waals surface area contributed by atoms with Crippen LogP contribution in [0, 0.1) is 0 Å². The molecule has 31 rings (SSSR count). The number of hydrogen-bond acceptors (Lipinski definition) is 3. The molecule has 3 heteroatoms. The molecule has 0 aliphatic carbocycles. The Bertz CT molecular complexity index is 12200. The fraction of sp³-hybridized carbons (Fsp3) is 0. The highest BCUT2D eigenvalue weighted by Gasteiger charge is 2.27. The molecule has 0 aliphatic rings. The Labute approximate surface area is 881 Å². The first-order valence-electron chi connectivity index (χ1n) is 60.6. The molecule has 3 heterocycles. The topological polar surface area (TPSA) is 39.4 Å². The average Bonchev–Trinajstić information content (AvgIpc) is 1.58. The Morgan fingerprint density at radius 2 is 0.408 bits per heavy atom. The van der Waals surface area contributed by atoms with E-state index in [0.29, 0.717) is 88.7 Å². The van der Waals surface area contributed by atoms with E-state index < -0.39 is 72.5 Å². The normalized spacial score (nSPS) is 14.1. The van der Waals surface area contributed by atoms with Gasteiger partial charge in [0.15, 0.2) is 0 Å². The molecule has 682 valence electrons. The van der Waals surface area contributed by atoms with Crippen molar-refractivity contribution in [2.24, 2.45) is 0 Å². The van der Waals surface area contributed by atoms with Gasteiger partial charge in [-0.25, -0.2) is 0 Å². The lowest BCUT2D eigenvalue weighted by molar-refractivity contribution is 0.669. The summed E-state index contributed by atoms with van der Waals surface area (Å²) in [7, 11) is 0. The Balaban J connectivity index is 0.000000116. The third-order valence-electron chi connectivity index (χ3n) is 29.0. The molecule has 0 spiro atoms. The Hall–Kier alpha value is -19.3. The van der Waals surface area contributed by atoms with Crippen LogP contribution >= 0.6 is 0 Å². The predicted molar refractivity (Wildman–Crippen MR) is 626 cm³/mol. The largest absolute Gasteiger partial charge is 0.456 e. The lowest BCUT2D eigenvalue weighted by Gasteiger charge is -2.20. The highest BCUT2D eigenvalue weighted by Crippen LogP contribution is 2.54. The molecule has 3 aromatic heterocycles. The zero-order valence-electron chi connectivity index (χ0n) is 102. The zero-order valence-corrected chi connectivity index (χ0v) is 78.2. The van der Waals surface area contributed by atoms with Crippen molar-refractivity contribution in [3.63, 3.8) is 0 Å². The van der Waals surface area contributed by atoms with Gasteiger partial charge in [0.1, 0.15) is 33.5 Å². The molecule has 0 radical (unpaired) electrons. The van der Waals surface area contributed by atoms with Crippen molar-refractivity contribution in [3.05, 3.63) is 533 Å². The summed E-state index contributed by atoms with van der Waals surface area (Å²) in [4.78, 5) is 0. The summed E-state index contributed by atoms with van der Waals surface area (Å²) in [6, 6.07) is 118. The van der Waals surface area contributed by atoms with E-state index in [9.17, 15) is 13.7 Å². The van der Waals surface area contributed by atoms with Crippen molar-refractivity contribution in [1.29, 1.82) is 0 Å². The summed E-state index contributed by atoms with van der Waals surface area (Å²) >= 11 is 0. The maximum Gasteiger partial charge on any atom is 0.136 e. The van der Waals surface area contributed by atoms with Crippen LogP contribution in [0.15, 0.2) is 547 Å². The second-order valence-corrected chi connectivity index (χ2v) is 37.1. The molecule has 0 saturated heterocycles. The SMILES string of the molecule is [2H]c1c([2H])c([2H])c2c(-c3ccc4cc(-c5ccc6oc7cc8ccccc8cc7c6c5)ccc4c3)c3c([2H])c([2H])c([2H])c([2H])c3c(-c3ccccc3)c2c1[2H].[2H]c1c([2H])c([2H])c2c(-c3cccc4oc5cc6ccccc6cc5c34)c3c([2H])c([2H])c([2H])c([2H])c3c(-c3ccc(-c4ccc5ccccc5c4)c4ccccc34)c2c1[2H].[2H]c1c([2H])c([2H])c2c(-c3cccc4oc5cc6ccccc6cc5c34)c3c([2H])c([2H])c([2H])c([2H])c3c(-c3ccc(-c4ccccc4)c(-c4ccccc4)c3)c2c1[2H]. The Morgan fingerprint density at radius 1 is 0.122 bits per heavy atom. The number of rotatable bonds is 10. The van der Waals surface area contributed by atoms with Crippen molar-refractivity contribution >= 4 is 195 Å². The van der Waals surface area contributed by atoms with E-state index in [0.717, 1.165) is 142 Å². The van der Waals surface area contributed by atoms with E-state index >= 15 is 0 Å². The molecule has 0 aliphatic heterocycles. The number of furan rings is 3. The van der Waals surface area contributed by atoms with Crippen LogP contribution in [0.4, 0.5) is 0 Å². The molecular weight excluding hydrogens is 1780 g/mol. The minimum atomic E-state index is -0.445. The number of hydrogen-bond donors (Lipinski definition) is 0. The van der Waals surface area contributed by atoms with Crippen molar-refractivity contribution in [2.45, 2.75) is 0 Å². The van der Waals surface area contributed by atoms with Crippen molar-refractivity contribution in [2.75, 3.05) is 0 Å². The summed E-state index contributed by atoms with van der Waals surface area (Å²) in [5.74, 6) is 0. The molecule has 0 amide bonds. The van der Waals surface area contributed by atoms with Gasteiger partial charge in [-0.05, 0) is 325 Å². The lowest BCUT2D eigenvalue weighted by atomic mass is 9.83. The second kappa shape index (κ2) is 34.8. The van der Waals surface area contributed by atoms with Gasteiger partial charge in [-0.15, -0.1) is 0 Å². The van der Waals surface area contributed by atoms with Gasteiger partial charge in [0.25, 0.3) is 0 Å². The molecular formula is C144H88O3. The van der Waals surface area contributed by atoms with E-state index in [1.165, 1.54) is 0 Å². The Kier molecular flexibility index (Phi) is 15.0. The van der Waals surface area contributed by atoms with Crippen LogP contribution in [0.3, 0.4) is 0 Å². The summed E-state index contributed by atoms with van der Waals surface area (Å²) in [6.07, 6.45) is 0. The molecule has 0 bridgehead atoms. The van der Waals surface area contributed by atoms with Gasteiger partial charge in [0.05, 0.1) is 32.9 Å². The smallest absolute Gasteiger partial charge is 0.136 e. The highest BCUT2D eigenvalue weighted by atomic mass is 16.3. The molecule has 0 fully saturated rings. The summed E-state index contributed by atoms with van der Waals surface area (Å²) in [5.41, 5.74) is 16.8. The zero-order chi connectivity index (χ0) is 118. The van der Waals surface area contributed by atoms with E-state index in [1.54, 1.807) is 30.3 Å². The van der Waals surface area contributed by atoms with Crippen LogP contribution in [0.25, 0.3) is 306 Å². The van der Waals surface area contributed by atoms with Crippen LogP contribution in [-0.4, -0.2) is 0 Å². The van der Waals surface area contributed by atoms with Crippen LogP contribution in [-0.2, 0) is 0 Å². The van der Waals surface area contributed by atoms with Gasteiger partial charge < -0.3 is 13.3 Å².